The molecule has 0 unspecified atom stereocenters. The fraction of sp³-hybridized carbons (Fsp3) is 0.158. The quantitative estimate of drug-likeness (QED) is 0.751. The molecule has 0 saturated heterocycles. The number of carbonyl (C=O) groups is 1. The van der Waals surface area contributed by atoms with Gasteiger partial charge in [0.2, 0.25) is 11.8 Å². The van der Waals surface area contributed by atoms with Crippen molar-refractivity contribution in [2.75, 3.05) is 5.32 Å². The molecule has 25 heavy (non-hydrogen) atoms. The topological polar surface area (TPSA) is 64.4 Å². The van der Waals surface area contributed by atoms with Crippen molar-refractivity contribution in [3.63, 3.8) is 0 Å². The number of aromatic nitrogens is 1. The number of hydrogen-bond acceptors (Lipinski definition) is 4. The highest BCUT2D eigenvalue weighted by molar-refractivity contribution is 5.88. The first-order valence-corrected chi connectivity index (χ1v) is 7.73. The summed E-state index contributed by atoms with van der Waals surface area (Å²) in [5.41, 5.74) is 2.44. The number of halogens is 1. The number of oxazole rings is 1. The van der Waals surface area contributed by atoms with Gasteiger partial charge in [0.1, 0.15) is 0 Å². The van der Waals surface area contributed by atoms with Gasteiger partial charge in [0, 0.05) is 24.2 Å². The largest absolute Gasteiger partial charge is 0.481 e. The van der Waals surface area contributed by atoms with Crippen LogP contribution in [0.25, 0.3) is 11.3 Å². The Morgan fingerprint density at radius 1 is 1.24 bits per heavy atom. The zero-order chi connectivity index (χ0) is 17.8. The van der Waals surface area contributed by atoms with E-state index in [0.29, 0.717) is 17.3 Å². The second kappa shape index (κ2) is 7.17. The van der Waals surface area contributed by atoms with Crippen molar-refractivity contribution in [3.05, 3.63) is 65.9 Å². The van der Waals surface area contributed by atoms with Gasteiger partial charge in [-0.1, -0.05) is 29.8 Å². The van der Waals surface area contributed by atoms with Crippen LogP contribution in [0.5, 0.6) is 5.75 Å². The van der Waals surface area contributed by atoms with E-state index in [4.69, 9.17) is 9.15 Å². The molecule has 6 heteroatoms. The molecule has 2 aromatic carbocycles. The highest BCUT2D eigenvalue weighted by Gasteiger charge is 2.10. The van der Waals surface area contributed by atoms with Gasteiger partial charge in [0.25, 0.3) is 0 Å². The molecule has 128 valence electrons. The molecule has 0 fully saturated rings. The monoisotopic (exact) mass is 340 g/mol. The highest BCUT2D eigenvalue weighted by atomic mass is 19.1. The lowest BCUT2D eigenvalue weighted by Gasteiger charge is -2.07. The molecule has 3 aromatic rings. The number of nitrogens with zero attached hydrogens (tertiary/aromatic N) is 1. The van der Waals surface area contributed by atoms with Gasteiger partial charge in [-0.15, -0.1) is 0 Å². The van der Waals surface area contributed by atoms with Crippen LogP contribution in [0.15, 0.2) is 53.1 Å². The fourth-order valence-electron chi connectivity index (χ4n) is 2.27. The van der Waals surface area contributed by atoms with Crippen LogP contribution in [0.4, 0.5) is 10.1 Å². The minimum absolute atomic E-state index is 0.00225. The number of hydrogen-bond donors (Lipinski definition) is 1. The molecule has 0 aliphatic carbocycles. The zero-order valence-corrected chi connectivity index (χ0v) is 13.9. The standard InChI is InChI=1S/C19H17FN2O3/c1-12-3-5-14(6-4-12)18-10-21-19(25-18)11-24-17-8-7-15(9-16(17)20)22-13(2)23/h3-10H,11H2,1-2H3,(H,22,23). The summed E-state index contributed by atoms with van der Waals surface area (Å²) in [6.45, 7) is 3.37. The Balaban J connectivity index is 1.66. The van der Waals surface area contributed by atoms with E-state index in [9.17, 15) is 9.18 Å². The average molecular weight is 340 g/mol. The SMILES string of the molecule is CC(=O)Nc1ccc(OCc2ncc(-c3ccc(C)cc3)o2)c(F)c1. The van der Waals surface area contributed by atoms with E-state index in [1.54, 1.807) is 12.3 Å². The van der Waals surface area contributed by atoms with Gasteiger partial charge >= 0.3 is 0 Å². The summed E-state index contributed by atoms with van der Waals surface area (Å²) in [5, 5.41) is 2.51. The van der Waals surface area contributed by atoms with Crippen molar-refractivity contribution in [3.8, 4) is 17.1 Å². The predicted molar refractivity (Wildman–Crippen MR) is 91.7 cm³/mol. The van der Waals surface area contributed by atoms with Gasteiger partial charge in [0.15, 0.2) is 23.9 Å². The Labute approximate surface area is 144 Å². The summed E-state index contributed by atoms with van der Waals surface area (Å²) in [6, 6.07) is 12.1. The molecule has 1 aromatic heterocycles. The minimum Gasteiger partial charge on any atom is -0.481 e. The Hall–Kier alpha value is -3.15. The molecule has 0 bridgehead atoms. The number of benzene rings is 2. The zero-order valence-electron chi connectivity index (χ0n) is 13.9. The molecule has 1 amide bonds. The molecular formula is C19H17FN2O3. The number of anilines is 1. The first kappa shape index (κ1) is 16.7. The molecular weight excluding hydrogens is 323 g/mol. The maximum absolute atomic E-state index is 14.0. The molecule has 0 aliphatic heterocycles. The van der Waals surface area contributed by atoms with Crippen molar-refractivity contribution < 1.29 is 18.3 Å². The number of amides is 1. The minimum atomic E-state index is -0.573. The van der Waals surface area contributed by atoms with E-state index in [1.165, 1.54) is 19.1 Å². The van der Waals surface area contributed by atoms with Crippen LogP contribution in [0, 0.1) is 12.7 Å². The van der Waals surface area contributed by atoms with Crippen LogP contribution in [0.3, 0.4) is 0 Å². The molecule has 0 radical (unpaired) electrons. The summed E-state index contributed by atoms with van der Waals surface area (Å²) in [7, 11) is 0. The third-order valence-electron chi connectivity index (χ3n) is 3.49. The molecule has 1 heterocycles. The number of nitrogens with one attached hydrogen (secondary N) is 1. The fourth-order valence-corrected chi connectivity index (χ4v) is 2.27. The summed E-state index contributed by atoms with van der Waals surface area (Å²) in [6.07, 6.45) is 1.61. The van der Waals surface area contributed by atoms with Crippen molar-refractivity contribution in [1.82, 2.24) is 4.98 Å². The van der Waals surface area contributed by atoms with Crippen molar-refractivity contribution in [2.45, 2.75) is 20.5 Å². The summed E-state index contributed by atoms with van der Waals surface area (Å²) in [5.74, 6) is 0.193. The third-order valence-corrected chi connectivity index (χ3v) is 3.49. The first-order chi connectivity index (χ1) is 12.0. The van der Waals surface area contributed by atoms with Crippen molar-refractivity contribution >= 4 is 11.6 Å². The van der Waals surface area contributed by atoms with Gasteiger partial charge in [-0.05, 0) is 19.1 Å². The molecule has 0 aliphatic rings. The second-order valence-electron chi connectivity index (χ2n) is 5.60. The van der Waals surface area contributed by atoms with Gasteiger partial charge in [-0.25, -0.2) is 9.37 Å². The summed E-state index contributed by atoms with van der Waals surface area (Å²) < 4.78 is 25.0. The van der Waals surface area contributed by atoms with Crippen LogP contribution in [0.2, 0.25) is 0 Å². The first-order valence-electron chi connectivity index (χ1n) is 7.73. The third kappa shape index (κ3) is 4.23. The van der Waals surface area contributed by atoms with Gasteiger partial charge in [0.05, 0.1) is 6.20 Å². The lowest BCUT2D eigenvalue weighted by molar-refractivity contribution is -0.114. The lowest BCUT2D eigenvalue weighted by atomic mass is 10.1. The van der Waals surface area contributed by atoms with Gasteiger partial charge < -0.3 is 14.5 Å². The summed E-state index contributed by atoms with van der Waals surface area (Å²) in [4.78, 5) is 15.1. The number of carbonyl (C=O) groups excluding carboxylic acids is 1. The van der Waals surface area contributed by atoms with Crippen LogP contribution >= 0.6 is 0 Å². The Morgan fingerprint density at radius 3 is 2.68 bits per heavy atom. The Morgan fingerprint density at radius 2 is 2.00 bits per heavy atom. The highest BCUT2D eigenvalue weighted by Crippen LogP contribution is 2.24. The van der Waals surface area contributed by atoms with E-state index < -0.39 is 5.82 Å². The average Bonchev–Trinajstić information content (AvgIpc) is 3.03. The van der Waals surface area contributed by atoms with E-state index in [-0.39, 0.29) is 18.3 Å². The van der Waals surface area contributed by atoms with E-state index in [2.05, 4.69) is 10.3 Å². The summed E-state index contributed by atoms with van der Waals surface area (Å²) >= 11 is 0. The lowest BCUT2D eigenvalue weighted by Crippen LogP contribution is -2.06. The molecule has 5 nitrogen and oxygen atoms in total. The number of aryl methyl sites for hydroxylation is 1. The Kier molecular flexibility index (Phi) is 4.79. The second-order valence-corrected chi connectivity index (χ2v) is 5.60. The molecule has 3 rings (SSSR count). The van der Waals surface area contributed by atoms with Crippen LogP contribution in [-0.4, -0.2) is 10.9 Å². The van der Waals surface area contributed by atoms with Gasteiger partial charge in [-0.3, -0.25) is 4.79 Å². The predicted octanol–water partition coefficient (Wildman–Crippen LogP) is 4.33. The maximum atomic E-state index is 14.0. The van der Waals surface area contributed by atoms with E-state index in [1.807, 2.05) is 31.2 Å². The van der Waals surface area contributed by atoms with Crippen LogP contribution in [0.1, 0.15) is 18.4 Å². The molecule has 0 saturated carbocycles. The van der Waals surface area contributed by atoms with Crippen LogP contribution in [-0.2, 0) is 11.4 Å². The molecule has 0 spiro atoms. The Bertz CT molecular complexity index is 888. The van der Waals surface area contributed by atoms with E-state index in [0.717, 1.165) is 11.1 Å². The van der Waals surface area contributed by atoms with E-state index >= 15 is 0 Å². The molecule has 1 N–H and O–H groups in total. The maximum Gasteiger partial charge on any atom is 0.232 e. The number of ether oxygens (including phenoxy) is 1. The smallest absolute Gasteiger partial charge is 0.232 e. The van der Waals surface area contributed by atoms with Crippen LogP contribution < -0.4 is 10.1 Å². The normalized spacial score (nSPS) is 10.5. The van der Waals surface area contributed by atoms with Gasteiger partial charge in [-0.2, -0.15) is 0 Å². The number of rotatable bonds is 5. The van der Waals surface area contributed by atoms with Crippen molar-refractivity contribution in [2.24, 2.45) is 0 Å². The van der Waals surface area contributed by atoms with Crippen molar-refractivity contribution in [1.29, 1.82) is 0 Å². The molecule has 0 atom stereocenters.